The van der Waals surface area contributed by atoms with Gasteiger partial charge in [-0.05, 0) is 35.9 Å². The number of anilines is 2. The molecule has 0 aliphatic rings. The van der Waals surface area contributed by atoms with E-state index in [1.165, 1.54) is 12.1 Å². The summed E-state index contributed by atoms with van der Waals surface area (Å²) >= 11 is 5.86. The molecule has 8 heteroatoms. The fourth-order valence-corrected chi connectivity index (χ4v) is 2.33. The normalized spacial score (nSPS) is 10.3. The highest BCUT2D eigenvalue weighted by molar-refractivity contribution is 6.34. The third kappa shape index (κ3) is 4.27. The third-order valence-electron chi connectivity index (χ3n) is 3.29. The van der Waals surface area contributed by atoms with Gasteiger partial charge in [-0.2, -0.15) is 0 Å². The third-order valence-corrected chi connectivity index (χ3v) is 3.61. The molecule has 1 amide bonds. The summed E-state index contributed by atoms with van der Waals surface area (Å²) in [7, 11) is 0. The van der Waals surface area contributed by atoms with Crippen molar-refractivity contribution in [2.24, 2.45) is 0 Å². The molecule has 0 fully saturated rings. The number of aromatic nitrogens is 3. The van der Waals surface area contributed by atoms with Gasteiger partial charge in [0.1, 0.15) is 11.6 Å². The van der Waals surface area contributed by atoms with Gasteiger partial charge in [0.25, 0.3) is 5.91 Å². The first-order chi connectivity index (χ1) is 12.1. The lowest BCUT2D eigenvalue weighted by molar-refractivity contribution is 0.102. The predicted molar refractivity (Wildman–Crippen MR) is 93.0 cm³/mol. The highest BCUT2D eigenvalue weighted by Crippen LogP contribution is 2.20. The second-order valence-corrected chi connectivity index (χ2v) is 5.48. The van der Waals surface area contributed by atoms with E-state index in [2.05, 4.69) is 25.8 Å². The smallest absolute Gasteiger partial charge is 0.261 e. The minimum Gasteiger partial charge on any atom is -0.364 e. The van der Waals surface area contributed by atoms with Crippen LogP contribution in [0.15, 0.2) is 54.9 Å². The number of pyridine rings is 1. The molecular weight excluding hydrogens is 345 g/mol. The molecule has 2 heterocycles. The van der Waals surface area contributed by atoms with Gasteiger partial charge in [-0.25, -0.2) is 4.39 Å². The molecular formula is C17H13ClFN5O. The van der Waals surface area contributed by atoms with Crippen LogP contribution in [-0.4, -0.2) is 21.1 Å². The van der Waals surface area contributed by atoms with Gasteiger partial charge in [-0.15, -0.1) is 10.2 Å². The monoisotopic (exact) mass is 357 g/mol. The summed E-state index contributed by atoms with van der Waals surface area (Å²) in [6, 6.07) is 11.0. The number of amides is 1. The Morgan fingerprint density at radius 1 is 1.08 bits per heavy atom. The van der Waals surface area contributed by atoms with Crippen molar-refractivity contribution >= 4 is 29.1 Å². The molecule has 0 radical (unpaired) electrons. The Morgan fingerprint density at radius 2 is 1.88 bits per heavy atom. The highest BCUT2D eigenvalue weighted by atomic mass is 35.5. The Hall–Kier alpha value is -3.06. The zero-order valence-electron chi connectivity index (χ0n) is 12.9. The van der Waals surface area contributed by atoms with Crippen molar-refractivity contribution in [2.45, 2.75) is 6.54 Å². The Labute approximate surface area is 148 Å². The average Bonchev–Trinajstić information content (AvgIpc) is 2.62. The van der Waals surface area contributed by atoms with E-state index < -0.39 is 11.7 Å². The minimum absolute atomic E-state index is 0.0280. The highest BCUT2D eigenvalue weighted by Gasteiger charge is 2.16. The van der Waals surface area contributed by atoms with E-state index in [1.54, 1.807) is 24.5 Å². The molecule has 0 aliphatic carbocycles. The number of carbonyl (C=O) groups is 1. The lowest BCUT2D eigenvalue weighted by Gasteiger charge is -2.08. The molecule has 1 aromatic carbocycles. The summed E-state index contributed by atoms with van der Waals surface area (Å²) in [5, 5.41) is 13.4. The molecule has 25 heavy (non-hydrogen) atoms. The van der Waals surface area contributed by atoms with Crippen LogP contribution in [0, 0.1) is 5.82 Å². The lowest BCUT2D eigenvalue weighted by atomic mass is 10.2. The molecule has 2 aromatic heterocycles. The summed E-state index contributed by atoms with van der Waals surface area (Å²) in [6.07, 6.45) is 3.44. The van der Waals surface area contributed by atoms with E-state index in [1.807, 2.05) is 12.1 Å². The van der Waals surface area contributed by atoms with Gasteiger partial charge in [0.2, 0.25) is 0 Å². The van der Waals surface area contributed by atoms with E-state index in [9.17, 15) is 9.18 Å². The average molecular weight is 358 g/mol. The summed E-state index contributed by atoms with van der Waals surface area (Å²) in [5.41, 5.74) is 0.764. The summed E-state index contributed by atoms with van der Waals surface area (Å²) in [5.74, 6) is -0.664. The Balaban J connectivity index is 1.63. The van der Waals surface area contributed by atoms with Crippen LogP contribution in [0.4, 0.5) is 16.0 Å². The van der Waals surface area contributed by atoms with Crippen molar-refractivity contribution in [3.63, 3.8) is 0 Å². The molecule has 2 N–H and O–H groups in total. The van der Waals surface area contributed by atoms with Crippen LogP contribution in [0.2, 0.25) is 5.02 Å². The maximum atomic E-state index is 13.7. The van der Waals surface area contributed by atoms with E-state index in [4.69, 9.17) is 11.6 Å². The maximum absolute atomic E-state index is 13.7. The quantitative estimate of drug-likeness (QED) is 0.730. The van der Waals surface area contributed by atoms with Crippen LogP contribution < -0.4 is 10.6 Å². The molecule has 0 bridgehead atoms. The topological polar surface area (TPSA) is 79.8 Å². The van der Waals surface area contributed by atoms with Gasteiger partial charge in [0, 0.05) is 18.9 Å². The van der Waals surface area contributed by atoms with Crippen molar-refractivity contribution in [3.05, 3.63) is 76.8 Å². The first-order valence-electron chi connectivity index (χ1n) is 7.35. The standard InChI is InChI=1S/C17H13ClFN5O/c18-12-4-1-5-13(19)16(12)17(25)22-15-7-6-14(23-24-15)21-10-11-3-2-8-20-9-11/h1-9H,10H2,(H,21,23)(H,22,24,25). The van der Waals surface area contributed by atoms with Crippen molar-refractivity contribution in [2.75, 3.05) is 10.6 Å². The summed E-state index contributed by atoms with van der Waals surface area (Å²) < 4.78 is 13.7. The second kappa shape index (κ2) is 7.67. The zero-order chi connectivity index (χ0) is 17.6. The number of nitrogens with zero attached hydrogens (tertiary/aromatic N) is 3. The van der Waals surface area contributed by atoms with Crippen LogP contribution in [0.5, 0.6) is 0 Å². The molecule has 3 rings (SSSR count). The Kier molecular flexibility index (Phi) is 5.15. The maximum Gasteiger partial charge on any atom is 0.261 e. The van der Waals surface area contributed by atoms with Crippen LogP contribution in [0.1, 0.15) is 15.9 Å². The number of benzene rings is 1. The molecule has 0 unspecified atom stereocenters. The summed E-state index contributed by atoms with van der Waals surface area (Å²) in [6.45, 7) is 0.541. The van der Waals surface area contributed by atoms with Crippen molar-refractivity contribution in [1.82, 2.24) is 15.2 Å². The van der Waals surface area contributed by atoms with Crippen LogP contribution in [0.3, 0.4) is 0 Å². The predicted octanol–water partition coefficient (Wildman–Crippen LogP) is 3.53. The largest absolute Gasteiger partial charge is 0.364 e. The molecule has 3 aromatic rings. The molecule has 0 saturated heterocycles. The summed E-state index contributed by atoms with van der Waals surface area (Å²) in [4.78, 5) is 16.1. The van der Waals surface area contributed by atoms with Crippen LogP contribution in [0.25, 0.3) is 0 Å². The van der Waals surface area contributed by atoms with E-state index >= 15 is 0 Å². The van der Waals surface area contributed by atoms with Crippen molar-refractivity contribution in [1.29, 1.82) is 0 Å². The number of hydrogen-bond acceptors (Lipinski definition) is 5. The van der Waals surface area contributed by atoms with Crippen molar-refractivity contribution < 1.29 is 9.18 Å². The van der Waals surface area contributed by atoms with Gasteiger partial charge in [0.05, 0.1) is 10.6 Å². The van der Waals surface area contributed by atoms with Gasteiger partial charge in [-0.1, -0.05) is 23.7 Å². The number of halogens is 2. The Bertz CT molecular complexity index is 854. The van der Waals surface area contributed by atoms with Gasteiger partial charge in [-0.3, -0.25) is 9.78 Å². The van der Waals surface area contributed by atoms with Crippen LogP contribution >= 0.6 is 11.6 Å². The van der Waals surface area contributed by atoms with Crippen molar-refractivity contribution in [3.8, 4) is 0 Å². The van der Waals surface area contributed by atoms with Gasteiger partial charge in [0.15, 0.2) is 5.82 Å². The molecule has 0 spiro atoms. The van der Waals surface area contributed by atoms with Gasteiger partial charge < -0.3 is 10.6 Å². The van der Waals surface area contributed by atoms with Crippen LogP contribution in [-0.2, 0) is 6.54 Å². The number of rotatable bonds is 5. The van der Waals surface area contributed by atoms with E-state index in [-0.39, 0.29) is 16.4 Å². The first kappa shape index (κ1) is 16.8. The van der Waals surface area contributed by atoms with E-state index in [0.29, 0.717) is 12.4 Å². The number of hydrogen-bond donors (Lipinski definition) is 2. The Morgan fingerprint density at radius 3 is 2.56 bits per heavy atom. The minimum atomic E-state index is -0.701. The zero-order valence-corrected chi connectivity index (χ0v) is 13.7. The van der Waals surface area contributed by atoms with E-state index in [0.717, 1.165) is 11.6 Å². The lowest BCUT2D eigenvalue weighted by Crippen LogP contribution is -2.16. The molecule has 0 saturated carbocycles. The molecule has 0 aliphatic heterocycles. The fraction of sp³-hybridized carbons (Fsp3) is 0.0588. The molecule has 126 valence electrons. The molecule has 0 atom stereocenters. The first-order valence-corrected chi connectivity index (χ1v) is 7.73. The molecule has 6 nitrogen and oxygen atoms in total. The van der Waals surface area contributed by atoms with Gasteiger partial charge >= 0.3 is 0 Å². The number of carbonyl (C=O) groups excluding carboxylic acids is 1. The SMILES string of the molecule is O=C(Nc1ccc(NCc2cccnc2)nn1)c1c(F)cccc1Cl. The number of nitrogens with one attached hydrogen (secondary N) is 2. The second-order valence-electron chi connectivity index (χ2n) is 5.07. The fourth-order valence-electron chi connectivity index (χ4n) is 2.08.